The number of rotatable bonds is 10. The zero-order valence-corrected chi connectivity index (χ0v) is 18.8. The van der Waals surface area contributed by atoms with Gasteiger partial charge in [0.15, 0.2) is 5.82 Å². The van der Waals surface area contributed by atoms with Gasteiger partial charge in [0, 0.05) is 30.1 Å². The number of nitrogens with one attached hydrogen (secondary N) is 3. The van der Waals surface area contributed by atoms with Crippen molar-refractivity contribution in [3.05, 3.63) is 23.5 Å². The number of hydrogen-bond acceptors (Lipinski definition) is 7. The van der Waals surface area contributed by atoms with E-state index in [1.54, 1.807) is 19.9 Å². The van der Waals surface area contributed by atoms with E-state index in [4.69, 9.17) is 20.6 Å². The van der Waals surface area contributed by atoms with Crippen molar-refractivity contribution in [2.75, 3.05) is 36.6 Å². The molecule has 30 heavy (non-hydrogen) atoms. The molecule has 1 amide bonds. The molecule has 2 aromatic heterocycles. The molecular weight excluding hydrogens is 429 g/mol. The molecule has 3 N–H and O–H groups in total. The Labute approximate surface area is 179 Å². The fraction of sp³-hybridized carbons (Fsp3) is 0.421. The molecule has 1 aromatic carbocycles. The minimum atomic E-state index is -3.08. The predicted molar refractivity (Wildman–Crippen MR) is 120 cm³/mol. The van der Waals surface area contributed by atoms with Crippen molar-refractivity contribution in [1.82, 2.24) is 15.0 Å². The number of amides is 1. The lowest BCUT2D eigenvalue weighted by atomic mass is 10.2. The van der Waals surface area contributed by atoms with Crippen LogP contribution in [0.15, 0.2) is 18.2 Å². The van der Waals surface area contributed by atoms with E-state index in [9.17, 15) is 9.36 Å². The highest BCUT2D eigenvalue weighted by atomic mass is 35.5. The predicted octanol–water partition coefficient (Wildman–Crippen LogP) is 4.79. The van der Waals surface area contributed by atoms with Gasteiger partial charge in [0.25, 0.3) is 0 Å². The molecule has 9 nitrogen and oxygen atoms in total. The SMILES string of the molecule is CCOP(=O)(CCCNc1nc(Cl)nc2c1[nH]c1ccc(NC(C)=O)cc12)OCC. The molecule has 162 valence electrons. The second-order valence-corrected chi connectivity index (χ2v) is 9.11. The highest BCUT2D eigenvalue weighted by molar-refractivity contribution is 7.53. The van der Waals surface area contributed by atoms with E-state index >= 15 is 0 Å². The van der Waals surface area contributed by atoms with Crippen LogP contribution in [0.3, 0.4) is 0 Å². The molecule has 0 unspecified atom stereocenters. The van der Waals surface area contributed by atoms with Crippen LogP contribution < -0.4 is 10.6 Å². The van der Waals surface area contributed by atoms with Gasteiger partial charge in [-0.1, -0.05) is 0 Å². The molecule has 3 rings (SSSR count). The molecule has 0 saturated carbocycles. The van der Waals surface area contributed by atoms with Gasteiger partial charge in [0.05, 0.1) is 19.4 Å². The minimum Gasteiger partial charge on any atom is -0.368 e. The number of carbonyl (C=O) groups is 1. The van der Waals surface area contributed by atoms with E-state index < -0.39 is 7.60 Å². The van der Waals surface area contributed by atoms with Crippen molar-refractivity contribution in [2.45, 2.75) is 27.2 Å². The van der Waals surface area contributed by atoms with Crippen molar-refractivity contribution >= 4 is 58.5 Å². The molecule has 0 aliphatic carbocycles. The standard InChI is InChI=1S/C19H25ClN5O4P/c1-4-28-30(27,29-5-2)10-6-9-21-18-17-16(24-19(20)25-18)14-11-13(22-12(3)26)7-8-15(14)23-17/h7-8,11,23H,4-6,9-10H2,1-3H3,(H,22,26)(H,21,24,25). The van der Waals surface area contributed by atoms with Gasteiger partial charge in [-0.25, -0.2) is 4.98 Å². The third kappa shape index (κ3) is 5.29. The van der Waals surface area contributed by atoms with E-state index in [1.807, 2.05) is 12.1 Å². The number of aromatic nitrogens is 3. The van der Waals surface area contributed by atoms with Crippen LogP contribution in [-0.4, -0.2) is 46.8 Å². The Balaban J connectivity index is 1.80. The molecular formula is C19H25ClN5O4P. The molecule has 0 fully saturated rings. The highest BCUT2D eigenvalue weighted by Gasteiger charge is 2.22. The summed E-state index contributed by atoms with van der Waals surface area (Å²) in [5.41, 5.74) is 2.86. The summed E-state index contributed by atoms with van der Waals surface area (Å²) in [6, 6.07) is 5.50. The van der Waals surface area contributed by atoms with Crippen LogP contribution in [0.2, 0.25) is 5.28 Å². The van der Waals surface area contributed by atoms with Crippen molar-refractivity contribution in [3.8, 4) is 0 Å². The lowest BCUT2D eigenvalue weighted by Crippen LogP contribution is -2.08. The summed E-state index contributed by atoms with van der Waals surface area (Å²) in [6.45, 7) is 6.20. The van der Waals surface area contributed by atoms with Crippen LogP contribution >= 0.6 is 19.2 Å². The first-order chi connectivity index (χ1) is 14.3. The van der Waals surface area contributed by atoms with E-state index in [2.05, 4.69) is 25.6 Å². The van der Waals surface area contributed by atoms with Gasteiger partial charge >= 0.3 is 7.60 Å². The second kappa shape index (κ2) is 9.75. The minimum absolute atomic E-state index is 0.102. The Kier molecular flexibility index (Phi) is 7.31. The largest absolute Gasteiger partial charge is 0.368 e. The maximum Gasteiger partial charge on any atom is 0.330 e. The van der Waals surface area contributed by atoms with Gasteiger partial charge in [-0.2, -0.15) is 4.98 Å². The number of H-pyrrole nitrogens is 1. The van der Waals surface area contributed by atoms with E-state index in [1.165, 1.54) is 6.92 Å². The first-order valence-electron chi connectivity index (χ1n) is 9.73. The first kappa shape index (κ1) is 22.5. The van der Waals surface area contributed by atoms with Gasteiger partial charge in [-0.3, -0.25) is 9.36 Å². The monoisotopic (exact) mass is 453 g/mol. The number of nitrogens with zero attached hydrogens (tertiary/aromatic N) is 2. The summed E-state index contributed by atoms with van der Waals surface area (Å²) >= 11 is 6.14. The van der Waals surface area contributed by atoms with Crippen LogP contribution in [0.5, 0.6) is 0 Å². The van der Waals surface area contributed by atoms with Gasteiger partial charge in [-0.15, -0.1) is 0 Å². The Morgan fingerprint density at radius 3 is 2.63 bits per heavy atom. The van der Waals surface area contributed by atoms with Crippen LogP contribution in [0.4, 0.5) is 11.5 Å². The lowest BCUT2D eigenvalue weighted by molar-refractivity contribution is -0.114. The molecule has 0 radical (unpaired) electrons. The summed E-state index contributed by atoms with van der Waals surface area (Å²) in [7, 11) is -3.08. The fourth-order valence-corrected chi connectivity index (χ4v) is 5.01. The summed E-state index contributed by atoms with van der Waals surface area (Å²) in [4.78, 5) is 23.3. The molecule has 3 aromatic rings. The number of carbonyl (C=O) groups excluding carboxylic acids is 1. The average Bonchev–Trinajstić information content (AvgIpc) is 3.03. The number of halogens is 1. The average molecular weight is 454 g/mol. The van der Waals surface area contributed by atoms with Gasteiger partial charge < -0.3 is 24.7 Å². The molecule has 0 aliphatic heterocycles. The van der Waals surface area contributed by atoms with E-state index in [0.29, 0.717) is 54.9 Å². The van der Waals surface area contributed by atoms with Crippen molar-refractivity contribution in [1.29, 1.82) is 0 Å². The van der Waals surface area contributed by atoms with Crippen molar-refractivity contribution < 1.29 is 18.4 Å². The summed E-state index contributed by atoms with van der Waals surface area (Å²) in [5.74, 6) is 0.394. The molecule has 11 heteroatoms. The number of anilines is 2. The number of fused-ring (bicyclic) bond motifs is 3. The smallest absolute Gasteiger partial charge is 0.330 e. The third-order valence-electron chi connectivity index (χ3n) is 4.29. The van der Waals surface area contributed by atoms with Crippen molar-refractivity contribution in [3.63, 3.8) is 0 Å². The Morgan fingerprint density at radius 1 is 1.23 bits per heavy atom. The zero-order valence-electron chi connectivity index (χ0n) is 17.1. The Morgan fingerprint density at radius 2 is 1.97 bits per heavy atom. The lowest BCUT2D eigenvalue weighted by Gasteiger charge is -2.17. The van der Waals surface area contributed by atoms with Gasteiger partial charge in [0.2, 0.25) is 11.2 Å². The Hall–Kier alpha value is -2.19. The first-order valence-corrected chi connectivity index (χ1v) is 11.8. The molecule has 0 atom stereocenters. The third-order valence-corrected chi connectivity index (χ3v) is 6.63. The fourth-order valence-electron chi connectivity index (χ4n) is 3.18. The summed E-state index contributed by atoms with van der Waals surface area (Å²) in [5, 5.41) is 6.91. The highest BCUT2D eigenvalue weighted by Crippen LogP contribution is 2.48. The van der Waals surface area contributed by atoms with Crippen LogP contribution in [0.1, 0.15) is 27.2 Å². The molecule has 0 bridgehead atoms. The quantitative estimate of drug-likeness (QED) is 0.229. The molecule has 0 aliphatic rings. The van der Waals surface area contributed by atoms with Crippen LogP contribution in [-0.2, 0) is 18.4 Å². The number of hydrogen-bond donors (Lipinski definition) is 3. The van der Waals surface area contributed by atoms with E-state index in [-0.39, 0.29) is 11.2 Å². The zero-order chi connectivity index (χ0) is 21.7. The van der Waals surface area contributed by atoms with Gasteiger partial charge in [-0.05, 0) is 50.1 Å². The maximum atomic E-state index is 12.6. The maximum absolute atomic E-state index is 12.6. The van der Waals surface area contributed by atoms with Crippen molar-refractivity contribution in [2.24, 2.45) is 0 Å². The topological polar surface area (TPSA) is 118 Å². The normalized spacial score (nSPS) is 11.9. The summed E-state index contributed by atoms with van der Waals surface area (Å²) in [6.07, 6.45) is 0.865. The van der Waals surface area contributed by atoms with Crippen LogP contribution in [0, 0.1) is 0 Å². The molecule has 0 spiro atoms. The van der Waals surface area contributed by atoms with Gasteiger partial charge in [0.1, 0.15) is 11.0 Å². The second-order valence-electron chi connectivity index (χ2n) is 6.58. The summed E-state index contributed by atoms with van der Waals surface area (Å²) < 4.78 is 23.2. The van der Waals surface area contributed by atoms with Crippen LogP contribution in [0.25, 0.3) is 21.9 Å². The molecule has 2 heterocycles. The van der Waals surface area contributed by atoms with E-state index in [0.717, 1.165) is 10.9 Å². The number of benzene rings is 1. The number of aromatic amines is 1. The molecule has 0 saturated heterocycles. The Bertz CT molecular complexity index is 1090.